The standard InChI is InChI=1S/C13H16O2/c14-10-4-5-11-15-12-6-9-13-7-2-1-3-8-13/h1-9,14H,10-12H2/b5-4-,9-6+. The number of benzene rings is 1. The maximum atomic E-state index is 8.46. The second-order valence-electron chi connectivity index (χ2n) is 3.00. The van der Waals surface area contributed by atoms with E-state index in [4.69, 9.17) is 9.84 Å². The molecule has 80 valence electrons. The van der Waals surface area contributed by atoms with Crippen LogP contribution < -0.4 is 0 Å². The highest BCUT2D eigenvalue weighted by atomic mass is 16.5. The topological polar surface area (TPSA) is 29.5 Å². The zero-order valence-electron chi connectivity index (χ0n) is 8.67. The van der Waals surface area contributed by atoms with Gasteiger partial charge in [0.1, 0.15) is 0 Å². The lowest BCUT2D eigenvalue weighted by molar-refractivity contribution is 0.193. The van der Waals surface area contributed by atoms with E-state index in [-0.39, 0.29) is 6.61 Å². The molecule has 0 amide bonds. The van der Waals surface area contributed by atoms with E-state index in [9.17, 15) is 0 Å². The molecule has 0 saturated carbocycles. The molecule has 0 aliphatic heterocycles. The molecule has 1 N–H and O–H groups in total. The molecule has 0 spiro atoms. The Morgan fingerprint density at radius 2 is 1.73 bits per heavy atom. The zero-order valence-corrected chi connectivity index (χ0v) is 8.67. The Morgan fingerprint density at radius 1 is 1.00 bits per heavy atom. The first-order valence-electron chi connectivity index (χ1n) is 4.98. The smallest absolute Gasteiger partial charge is 0.0654 e. The summed E-state index contributed by atoms with van der Waals surface area (Å²) >= 11 is 0. The van der Waals surface area contributed by atoms with Crippen molar-refractivity contribution in [1.29, 1.82) is 0 Å². The SMILES string of the molecule is OC/C=C\COC/C=C/c1ccccc1. The van der Waals surface area contributed by atoms with Crippen molar-refractivity contribution in [1.82, 2.24) is 0 Å². The van der Waals surface area contributed by atoms with E-state index < -0.39 is 0 Å². The van der Waals surface area contributed by atoms with Gasteiger partial charge in [0.05, 0.1) is 19.8 Å². The maximum Gasteiger partial charge on any atom is 0.0654 e. The fourth-order valence-corrected chi connectivity index (χ4v) is 1.10. The number of ether oxygens (including phenoxy) is 1. The molecule has 1 aromatic carbocycles. The highest BCUT2D eigenvalue weighted by Crippen LogP contribution is 2.00. The number of rotatable bonds is 6. The molecule has 15 heavy (non-hydrogen) atoms. The van der Waals surface area contributed by atoms with Crippen molar-refractivity contribution in [3.63, 3.8) is 0 Å². The predicted octanol–water partition coefficient (Wildman–Crippen LogP) is 2.26. The monoisotopic (exact) mass is 204 g/mol. The van der Waals surface area contributed by atoms with E-state index in [0.29, 0.717) is 13.2 Å². The van der Waals surface area contributed by atoms with Crippen LogP contribution in [0.15, 0.2) is 48.6 Å². The molecule has 0 radical (unpaired) electrons. The Balaban J connectivity index is 2.15. The number of aliphatic hydroxyl groups is 1. The van der Waals surface area contributed by atoms with Gasteiger partial charge in [-0.1, -0.05) is 54.6 Å². The van der Waals surface area contributed by atoms with Crippen molar-refractivity contribution in [2.75, 3.05) is 19.8 Å². The van der Waals surface area contributed by atoms with Crippen LogP contribution in [0.25, 0.3) is 6.08 Å². The Kier molecular flexibility index (Phi) is 6.21. The second kappa shape index (κ2) is 7.97. The molecule has 2 nitrogen and oxygen atoms in total. The van der Waals surface area contributed by atoms with Crippen molar-refractivity contribution in [2.24, 2.45) is 0 Å². The van der Waals surface area contributed by atoms with Crippen molar-refractivity contribution >= 4 is 6.08 Å². The molecule has 0 aliphatic carbocycles. The summed E-state index contributed by atoms with van der Waals surface area (Å²) in [5, 5.41) is 8.46. The first kappa shape index (κ1) is 11.7. The zero-order chi connectivity index (χ0) is 10.8. The quantitative estimate of drug-likeness (QED) is 0.569. The van der Waals surface area contributed by atoms with Crippen molar-refractivity contribution in [2.45, 2.75) is 0 Å². The third-order valence-electron chi connectivity index (χ3n) is 1.81. The fourth-order valence-electron chi connectivity index (χ4n) is 1.10. The van der Waals surface area contributed by atoms with Crippen LogP contribution in [0.2, 0.25) is 0 Å². The van der Waals surface area contributed by atoms with Gasteiger partial charge >= 0.3 is 0 Å². The molecule has 0 aromatic heterocycles. The average molecular weight is 204 g/mol. The third-order valence-corrected chi connectivity index (χ3v) is 1.81. The van der Waals surface area contributed by atoms with Gasteiger partial charge in [0.2, 0.25) is 0 Å². The summed E-state index contributed by atoms with van der Waals surface area (Å²) in [5.41, 5.74) is 1.17. The van der Waals surface area contributed by atoms with Crippen molar-refractivity contribution < 1.29 is 9.84 Å². The summed E-state index contributed by atoms with van der Waals surface area (Å²) in [4.78, 5) is 0. The molecule has 0 saturated heterocycles. The summed E-state index contributed by atoms with van der Waals surface area (Å²) in [6.45, 7) is 1.20. The van der Waals surface area contributed by atoms with E-state index in [1.54, 1.807) is 12.2 Å². The molecule has 1 rings (SSSR count). The maximum absolute atomic E-state index is 8.46. The second-order valence-corrected chi connectivity index (χ2v) is 3.00. The lowest BCUT2D eigenvalue weighted by Gasteiger charge is -1.95. The lowest BCUT2D eigenvalue weighted by Crippen LogP contribution is -1.90. The molecule has 0 aliphatic rings. The molecule has 0 bridgehead atoms. The Morgan fingerprint density at radius 3 is 2.47 bits per heavy atom. The molecule has 2 heteroatoms. The first-order valence-corrected chi connectivity index (χ1v) is 4.98. The summed E-state index contributed by atoms with van der Waals surface area (Å²) < 4.78 is 5.27. The van der Waals surface area contributed by atoms with Gasteiger partial charge in [-0.25, -0.2) is 0 Å². The largest absolute Gasteiger partial charge is 0.392 e. The first-order chi connectivity index (χ1) is 7.43. The van der Waals surface area contributed by atoms with Gasteiger partial charge in [-0.15, -0.1) is 0 Å². The van der Waals surface area contributed by atoms with Gasteiger partial charge < -0.3 is 9.84 Å². The minimum absolute atomic E-state index is 0.0726. The molecule has 0 fully saturated rings. The summed E-state index contributed by atoms with van der Waals surface area (Å²) in [6, 6.07) is 10.1. The average Bonchev–Trinajstić information content (AvgIpc) is 2.29. The predicted molar refractivity (Wildman–Crippen MR) is 62.5 cm³/mol. The summed E-state index contributed by atoms with van der Waals surface area (Å²) in [5.74, 6) is 0. The molecule has 0 atom stereocenters. The Labute approximate surface area is 90.5 Å². The van der Waals surface area contributed by atoms with E-state index in [1.165, 1.54) is 5.56 Å². The lowest BCUT2D eigenvalue weighted by atomic mass is 10.2. The molecule has 0 unspecified atom stereocenters. The van der Waals surface area contributed by atoms with Crippen LogP contribution in [0, 0.1) is 0 Å². The summed E-state index contributed by atoms with van der Waals surface area (Å²) in [6.07, 6.45) is 7.47. The van der Waals surface area contributed by atoms with Gasteiger partial charge in [-0.05, 0) is 5.56 Å². The van der Waals surface area contributed by atoms with E-state index in [0.717, 1.165) is 0 Å². The number of hydrogen-bond acceptors (Lipinski definition) is 2. The van der Waals surface area contributed by atoms with Crippen molar-refractivity contribution in [3.8, 4) is 0 Å². The van der Waals surface area contributed by atoms with E-state index in [2.05, 4.69) is 0 Å². The minimum atomic E-state index is 0.0726. The third kappa shape index (κ3) is 5.83. The van der Waals surface area contributed by atoms with Gasteiger partial charge in [-0.2, -0.15) is 0 Å². The fraction of sp³-hybridized carbons (Fsp3) is 0.231. The van der Waals surface area contributed by atoms with Gasteiger partial charge in [0.15, 0.2) is 0 Å². The highest BCUT2D eigenvalue weighted by molar-refractivity contribution is 5.48. The van der Waals surface area contributed by atoms with Crippen LogP contribution in [0.4, 0.5) is 0 Å². The van der Waals surface area contributed by atoms with Crippen LogP contribution in [-0.2, 0) is 4.74 Å². The van der Waals surface area contributed by atoms with E-state index >= 15 is 0 Å². The minimum Gasteiger partial charge on any atom is -0.392 e. The normalized spacial score (nSPS) is 11.5. The van der Waals surface area contributed by atoms with E-state index in [1.807, 2.05) is 42.5 Å². The van der Waals surface area contributed by atoms with Crippen LogP contribution in [0.3, 0.4) is 0 Å². The van der Waals surface area contributed by atoms with Crippen LogP contribution in [0.5, 0.6) is 0 Å². The van der Waals surface area contributed by atoms with Crippen molar-refractivity contribution in [3.05, 3.63) is 54.1 Å². The number of aliphatic hydroxyl groups excluding tert-OH is 1. The number of hydrogen-bond donors (Lipinski definition) is 1. The molecule has 0 heterocycles. The molecule has 1 aromatic rings. The van der Waals surface area contributed by atoms with Gasteiger partial charge in [0, 0.05) is 0 Å². The van der Waals surface area contributed by atoms with Crippen LogP contribution in [-0.4, -0.2) is 24.9 Å². The Bertz CT molecular complexity index is 302. The Hall–Kier alpha value is -1.38. The van der Waals surface area contributed by atoms with Gasteiger partial charge in [-0.3, -0.25) is 0 Å². The van der Waals surface area contributed by atoms with Gasteiger partial charge in [0.25, 0.3) is 0 Å². The molecular weight excluding hydrogens is 188 g/mol. The highest BCUT2D eigenvalue weighted by Gasteiger charge is 1.82. The van der Waals surface area contributed by atoms with Crippen LogP contribution in [0.1, 0.15) is 5.56 Å². The summed E-state index contributed by atoms with van der Waals surface area (Å²) in [7, 11) is 0. The molecular formula is C13H16O2. The van der Waals surface area contributed by atoms with Crippen LogP contribution >= 0.6 is 0 Å².